The highest BCUT2D eigenvalue weighted by molar-refractivity contribution is 6.07. The maximum Gasteiger partial charge on any atom is 0.263 e. The first-order valence-corrected chi connectivity index (χ1v) is 8.73. The van der Waals surface area contributed by atoms with Crippen LogP contribution in [0.2, 0.25) is 0 Å². The normalized spacial score (nSPS) is 11.3. The smallest absolute Gasteiger partial charge is 0.263 e. The molecular weight excluding hydrogens is 336 g/mol. The van der Waals surface area contributed by atoms with Gasteiger partial charge in [0, 0.05) is 28.4 Å². The SMILES string of the molecule is COc1ccc2c3ccccc3c(=O)n(-c3cccc4cccnc34)c2c1. The summed E-state index contributed by atoms with van der Waals surface area (Å²) >= 11 is 0. The van der Waals surface area contributed by atoms with Gasteiger partial charge in [0.2, 0.25) is 0 Å². The number of rotatable bonds is 2. The maximum absolute atomic E-state index is 13.5. The van der Waals surface area contributed by atoms with E-state index in [2.05, 4.69) is 4.98 Å². The molecule has 0 radical (unpaired) electrons. The molecule has 0 unspecified atom stereocenters. The third kappa shape index (κ3) is 2.30. The van der Waals surface area contributed by atoms with E-state index in [1.807, 2.05) is 72.8 Å². The monoisotopic (exact) mass is 352 g/mol. The van der Waals surface area contributed by atoms with Crippen LogP contribution in [0.4, 0.5) is 0 Å². The third-order valence-corrected chi connectivity index (χ3v) is 4.95. The van der Waals surface area contributed by atoms with Crippen molar-refractivity contribution in [1.29, 1.82) is 0 Å². The summed E-state index contributed by atoms with van der Waals surface area (Å²) in [6, 6.07) is 23.3. The molecule has 0 saturated heterocycles. The second-order valence-electron chi connectivity index (χ2n) is 6.42. The fraction of sp³-hybridized carbons (Fsp3) is 0.0435. The van der Waals surface area contributed by atoms with E-state index in [1.54, 1.807) is 17.9 Å². The van der Waals surface area contributed by atoms with Crippen LogP contribution in [-0.2, 0) is 0 Å². The zero-order chi connectivity index (χ0) is 18.4. The molecule has 5 aromatic rings. The van der Waals surface area contributed by atoms with Crippen molar-refractivity contribution < 1.29 is 4.74 Å². The fourth-order valence-electron chi connectivity index (χ4n) is 3.69. The number of fused-ring (bicyclic) bond motifs is 4. The van der Waals surface area contributed by atoms with Gasteiger partial charge in [0.15, 0.2) is 0 Å². The summed E-state index contributed by atoms with van der Waals surface area (Å²) in [6.07, 6.45) is 1.75. The first-order valence-electron chi connectivity index (χ1n) is 8.73. The highest BCUT2D eigenvalue weighted by atomic mass is 16.5. The topological polar surface area (TPSA) is 44.1 Å². The van der Waals surface area contributed by atoms with Crippen LogP contribution in [0.25, 0.3) is 38.3 Å². The lowest BCUT2D eigenvalue weighted by atomic mass is 10.0. The van der Waals surface area contributed by atoms with Gasteiger partial charge in [-0.15, -0.1) is 0 Å². The van der Waals surface area contributed by atoms with Crippen molar-refractivity contribution in [1.82, 2.24) is 9.55 Å². The molecule has 4 nitrogen and oxygen atoms in total. The zero-order valence-electron chi connectivity index (χ0n) is 14.7. The van der Waals surface area contributed by atoms with Gasteiger partial charge in [-0.3, -0.25) is 14.3 Å². The molecule has 0 aliphatic heterocycles. The van der Waals surface area contributed by atoms with Crippen LogP contribution in [-0.4, -0.2) is 16.7 Å². The summed E-state index contributed by atoms with van der Waals surface area (Å²) in [7, 11) is 1.63. The van der Waals surface area contributed by atoms with Crippen LogP contribution in [0.3, 0.4) is 0 Å². The minimum absolute atomic E-state index is 0.0653. The van der Waals surface area contributed by atoms with Gasteiger partial charge in [-0.05, 0) is 35.7 Å². The molecule has 0 spiro atoms. The molecule has 5 rings (SSSR count). The molecule has 0 amide bonds. The number of methoxy groups -OCH3 is 1. The fourth-order valence-corrected chi connectivity index (χ4v) is 3.69. The predicted molar refractivity (Wildman–Crippen MR) is 109 cm³/mol. The van der Waals surface area contributed by atoms with Crippen LogP contribution < -0.4 is 10.3 Å². The first-order chi connectivity index (χ1) is 13.3. The van der Waals surface area contributed by atoms with E-state index in [0.717, 1.165) is 32.9 Å². The van der Waals surface area contributed by atoms with Gasteiger partial charge in [0.25, 0.3) is 5.56 Å². The van der Waals surface area contributed by atoms with E-state index in [-0.39, 0.29) is 5.56 Å². The Morgan fingerprint density at radius 3 is 2.52 bits per heavy atom. The van der Waals surface area contributed by atoms with Crippen LogP contribution in [0.1, 0.15) is 0 Å². The number of hydrogen-bond acceptors (Lipinski definition) is 3. The van der Waals surface area contributed by atoms with Gasteiger partial charge in [-0.1, -0.05) is 36.4 Å². The van der Waals surface area contributed by atoms with Crippen molar-refractivity contribution in [3.8, 4) is 11.4 Å². The second kappa shape index (κ2) is 5.95. The molecule has 0 atom stereocenters. The molecule has 0 bridgehead atoms. The van der Waals surface area contributed by atoms with Gasteiger partial charge >= 0.3 is 0 Å². The molecule has 2 aromatic heterocycles. The first kappa shape index (κ1) is 15.6. The Kier molecular flexibility index (Phi) is 3.44. The number of para-hydroxylation sites is 1. The number of hydrogen-bond donors (Lipinski definition) is 0. The van der Waals surface area contributed by atoms with Gasteiger partial charge in [0.05, 0.1) is 23.8 Å². The number of benzene rings is 3. The molecule has 0 aliphatic carbocycles. The Morgan fingerprint density at radius 2 is 1.67 bits per heavy atom. The van der Waals surface area contributed by atoms with Gasteiger partial charge < -0.3 is 4.74 Å². The summed E-state index contributed by atoms with van der Waals surface area (Å²) in [5, 5.41) is 3.61. The van der Waals surface area contributed by atoms with E-state index in [0.29, 0.717) is 11.1 Å². The molecular formula is C23H16N2O2. The van der Waals surface area contributed by atoms with Crippen molar-refractivity contribution >= 4 is 32.6 Å². The molecule has 3 aromatic carbocycles. The second-order valence-corrected chi connectivity index (χ2v) is 6.42. The van der Waals surface area contributed by atoms with Crippen molar-refractivity contribution in [2.45, 2.75) is 0 Å². The van der Waals surface area contributed by atoms with E-state index in [1.165, 1.54) is 0 Å². The number of aromatic nitrogens is 2. The lowest BCUT2D eigenvalue weighted by molar-refractivity contribution is 0.415. The molecule has 27 heavy (non-hydrogen) atoms. The molecule has 2 heterocycles. The lowest BCUT2D eigenvalue weighted by Gasteiger charge is -2.15. The summed E-state index contributed by atoms with van der Waals surface area (Å²) in [6.45, 7) is 0. The number of pyridine rings is 2. The van der Waals surface area contributed by atoms with E-state index < -0.39 is 0 Å². The summed E-state index contributed by atoms with van der Waals surface area (Å²) in [4.78, 5) is 18.0. The van der Waals surface area contributed by atoms with Crippen LogP contribution in [0.5, 0.6) is 5.75 Å². The van der Waals surface area contributed by atoms with Gasteiger partial charge in [-0.25, -0.2) is 0 Å². The quantitative estimate of drug-likeness (QED) is 0.433. The number of ether oxygens (including phenoxy) is 1. The van der Waals surface area contributed by atoms with Crippen LogP contribution in [0.15, 0.2) is 83.8 Å². The van der Waals surface area contributed by atoms with Crippen molar-refractivity contribution in [3.05, 3.63) is 89.3 Å². The summed E-state index contributed by atoms with van der Waals surface area (Å²) in [5.74, 6) is 0.708. The molecule has 0 N–H and O–H groups in total. The average molecular weight is 352 g/mol. The van der Waals surface area contributed by atoms with E-state index in [9.17, 15) is 4.79 Å². The van der Waals surface area contributed by atoms with E-state index in [4.69, 9.17) is 4.74 Å². The Labute approximate surface area is 155 Å². The average Bonchev–Trinajstić information content (AvgIpc) is 2.73. The highest BCUT2D eigenvalue weighted by Crippen LogP contribution is 2.29. The zero-order valence-corrected chi connectivity index (χ0v) is 14.7. The molecule has 0 aliphatic rings. The van der Waals surface area contributed by atoms with Gasteiger partial charge in [-0.2, -0.15) is 0 Å². The molecule has 130 valence electrons. The minimum Gasteiger partial charge on any atom is -0.497 e. The number of nitrogens with zero attached hydrogens (tertiary/aromatic N) is 2. The summed E-state index contributed by atoms with van der Waals surface area (Å²) < 4.78 is 7.17. The Bertz CT molecular complexity index is 1380. The largest absolute Gasteiger partial charge is 0.497 e. The molecule has 0 fully saturated rings. The minimum atomic E-state index is -0.0653. The van der Waals surface area contributed by atoms with Crippen LogP contribution in [0, 0.1) is 0 Å². The lowest BCUT2D eigenvalue weighted by Crippen LogP contribution is -2.19. The molecule has 4 heteroatoms. The van der Waals surface area contributed by atoms with Crippen molar-refractivity contribution in [2.75, 3.05) is 7.11 Å². The molecule has 0 saturated carbocycles. The van der Waals surface area contributed by atoms with Crippen LogP contribution >= 0.6 is 0 Å². The maximum atomic E-state index is 13.5. The predicted octanol–water partition coefficient (Wildman–Crippen LogP) is 4.70. The Balaban J connectivity index is 2.04. The standard InChI is InChI=1S/C23H16N2O2/c1-27-16-11-12-18-17-8-2-3-9-19(17)23(26)25(21(18)14-16)20-10-4-6-15-7-5-13-24-22(15)20/h2-14H,1H3. The Hall–Kier alpha value is -3.66. The third-order valence-electron chi connectivity index (χ3n) is 4.95. The van der Waals surface area contributed by atoms with Gasteiger partial charge in [0.1, 0.15) is 5.75 Å². The Morgan fingerprint density at radius 1 is 0.852 bits per heavy atom. The summed E-state index contributed by atoms with van der Waals surface area (Å²) in [5.41, 5.74) is 2.30. The van der Waals surface area contributed by atoms with E-state index >= 15 is 0 Å². The van der Waals surface area contributed by atoms with Crippen molar-refractivity contribution in [2.24, 2.45) is 0 Å². The van der Waals surface area contributed by atoms with Crippen molar-refractivity contribution in [3.63, 3.8) is 0 Å². The highest BCUT2D eigenvalue weighted by Gasteiger charge is 2.15.